The monoisotopic (exact) mass is 325 g/mol. The molecule has 1 amide bonds. The van der Waals surface area contributed by atoms with Gasteiger partial charge < -0.3 is 11.1 Å². The Morgan fingerprint density at radius 2 is 1.81 bits per heavy atom. The molecule has 2 aromatic carbocycles. The van der Waals surface area contributed by atoms with Crippen LogP contribution in [0.2, 0.25) is 10.0 Å². The van der Waals surface area contributed by atoms with Crippen LogP contribution < -0.4 is 11.1 Å². The number of nitrogen functional groups attached to an aromatic ring is 1. The molecule has 2 aromatic rings. The van der Waals surface area contributed by atoms with Crippen LogP contribution in [0.1, 0.15) is 10.4 Å². The summed E-state index contributed by atoms with van der Waals surface area (Å²) < 4.78 is 0. The zero-order chi connectivity index (χ0) is 15.6. The molecule has 0 aliphatic carbocycles. The first-order valence-electron chi connectivity index (χ1n) is 5.69. The molecule has 2 rings (SSSR count). The van der Waals surface area contributed by atoms with Gasteiger partial charge in [0.05, 0.1) is 21.2 Å². The topological polar surface area (TPSA) is 98.3 Å². The van der Waals surface area contributed by atoms with Crippen molar-refractivity contribution >= 4 is 46.2 Å². The molecule has 21 heavy (non-hydrogen) atoms. The minimum Gasteiger partial charge on any atom is -0.397 e. The van der Waals surface area contributed by atoms with Gasteiger partial charge in [-0.1, -0.05) is 23.2 Å². The normalized spacial score (nSPS) is 10.2. The Balaban J connectivity index is 2.34. The Kier molecular flexibility index (Phi) is 4.30. The van der Waals surface area contributed by atoms with Crippen molar-refractivity contribution in [1.29, 1.82) is 0 Å². The number of rotatable bonds is 3. The average molecular weight is 326 g/mol. The maximum Gasteiger partial charge on any atom is 0.271 e. The molecule has 0 aromatic heterocycles. The fraction of sp³-hybridized carbons (Fsp3) is 0. The third-order valence-electron chi connectivity index (χ3n) is 2.67. The lowest BCUT2D eigenvalue weighted by Gasteiger charge is -2.09. The third-order valence-corrected chi connectivity index (χ3v) is 3.24. The van der Waals surface area contributed by atoms with Gasteiger partial charge in [-0.05, 0) is 24.3 Å². The van der Waals surface area contributed by atoms with Crippen LogP contribution in [-0.4, -0.2) is 10.8 Å². The first kappa shape index (κ1) is 15.1. The second-order valence-electron chi connectivity index (χ2n) is 4.11. The van der Waals surface area contributed by atoms with Gasteiger partial charge >= 0.3 is 0 Å². The van der Waals surface area contributed by atoms with E-state index in [2.05, 4.69) is 5.32 Å². The molecule has 108 valence electrons. The molecule has 8 heteroatoms. The summed E-state index contributed by atoms with van der Waals surface area (Å²) in [5.74, 6) is -0.597. The van der Waals surface area contributed by atoms with Crippen molar-refractivity contribution in [3.05, 3.63) is 62.1 Å². The molecule has 6 nitrogen and oxygen atoms in total. The molecular weight excluding hydrogens is 317 g/mol. The van der Waals surface area contributed by atoms with E-state index in [1.54, 1.807) is 24.3 Å². The van der Waals surface area contributed by atoms with Crippen LogP contribution in [0.15, 0.2) is 36.4 Å². The molecule has 0 radical (unpaired) electrons. The number of benzene rings is 2. The number of nitrogens with two attached hydrogens (primary N) is 1. The first-order valence-corrected chi connectivity index (χ1v) is 6.44. The standard InChI is InChI=1S/C13H9Cl2N3O3/c14-7-1-3-8(4-2-7)17-13(19)10-5-9(18(20)21)6-11(15)12(10)16/h1-6H,16H2,(H,17,19). The zero-order valence-electron chi connectivity index (χ0n) is 10.5. The molecule has 0 bridgehead atoms. The highest BCUT2D eigenvalue weighted by molar-refractivity contribution is 6.34. The number of non-ortho nitro benzene ring substituents is 1. The SMILES string of the molecule is Nc1c(Cl)cc([N+](=O)[O-])cc1C(=O)Nc1ccc(Cl)cc1. The molecule has 0 spiro atoms. The minimum absolute atomic E-state index is 0.0197. The van der Waals surface area contributed by atoms with Crippen LogP contribution in [0.5, 0.6) is 0 Å². The van der Waals surface area contributed by atoms with Gasteiger partial charge in [0.25, 0.3) is 11.6 Å². The number of nitro groups is 1. The lowest BCUT2D eigenvalue weighted by Crippen LogP contribution is -2.14. The maximum atomic E-state index is 12.1. The maximum absolute atomic E-state index is 12.1. The number of carbonyl (C=O) groups is 1. The number of carbonyl (C=O) groups excluding carboxylic acids is 1. The molecule has 0 saturated heterocycles. The molecule has 0 unspecified atom stereocenters. The fourth-order valence-corrected chi connectivity index (χ4v) is 1.97. The fourth-order valence-electron chi connectivity index (χ4n) is 1.63. The quantitative estimate of drug-likeness (QED) is 0.510. The van der Waals surface area contributed by atoms with Crippen molar-refractivity contribution < 1.29 is 9.72 Å². The highest BCUT2D eigenvalue weighted by Crippen LogP contribution is 2.29. The van der Waals surface area contributed by atoms with Crippen LogP contribution >= 0.6 is 23.2 Å². The van der Waals surface area contributed by atoms with E-state index in [0.717, 1.165) is 12.1 Å². The number of hydrogen-bond acceptors (Lipinski definition) is 4. The van der Waals surface area contributed by atoms with Crippen molar-refractivity contribution in [2.24, 2.45) is 0 Å². The molecular formula is C13H9Cl2N3O3. The minimum atomic E-state index is -0.648. The Morgan fingerprint density at radius 1 is 1.19 bits per heavy atom. The molecule has 0 saturated carbocycles. The highest BCUT2D eigenvalue weighted by atomic mass is 35.5. The van der Waals surface area contributed by atoms with Crippen LogP contribution in [-0.2, 0) is 0 Å². The van der Waals surface area contributed by atoms with Crippen LogP contribution in [0.4, 0.5) is 17.1 Å². The van der Waals surface area contributed by atoms with Crippen molar-refractivity contribution in [3.8, 4) is 0 Å². The summed E-state index contributed by atoms with van der Waals surface area (Å²) in [4.78, 5) is 22.3. The van der Waals surface area contributed by atoms with Crippen LogP contribution in [0, 0.1) is 10.1 Å². The number of nitrogens with zero attached hydrogens (tertiary/aromatic N) is 1. The van der Waals surface area contributed by atoms with E-state index in [4.69, 9.17) is 28.9 Å². The molecule has 0 atom stereocenters. The summed E-state index contributed by atoms with van der Waals surface area (Å²) in [7, 11) is 0. The number of amides is 1. The number of nitrogens with one attached hydrogen (secondary N) is 1. The summed E-state index contributed by atoms with van der Waals surface area (Å²) in [5, 5.41) is 13.8. The van der Waals surface area contributed by atoms with E-state index in [1.165, 1.54) is 0 Å². The highest BCUT2D eigenvalue weighted by Gasteiger charge is 2.18. The van der Waals surface area contributed by atoms with E-state index in [9.17, 15) is 14.9 Å². The summed E-state index contributed by atoms with van der Waals surface area (Å²) in [6, 6.07) is 8.55. The van der Waals surface area contributed by atoms with Crippen LogP contribution in [0.25, 0.3) is 0 Å². The van der Waals surface area contributed by atoms with Crippen molar-refractivity contribution in [2.75, 3.05) is 11.1 Å². The van der Waals surface area contributed by atoms with E-state index >= 15 is 0 Å². The van der Waals surface area contributed by atoms with Crippen molar-refractivity contribution in [3.63, 3.8) is 0 Å². The number of anilines is 2. The third kappa shape index (κ3) is 3.42. The lowest BCUT2D eigenvalue weighted by molar-refractivity contribution is -0.384. The summed E-state index contributed by atoms with van der Waals surface area (Å²) in [6.45, 7) is 0. The van der Waals surface area contributed by atoms with Gasteiger partial charge in [0, 0.05) is 22.8 Å². The summed E-state index contributed by atoms with van der Waals surface area (Å²) in [5.41, 5.74) is 5.78. The molecule has 0 aliphatic heterocycles. The predicted molar refractivity (Wildman–Crippen MR) is 81.9 cm³/mol. The van der Waals surface area contributed by atoms with Crippen molar-refractivity contribution in [1.82, 2.24) is 0 Å². The molecule has 0 heterocycles. The van der Waals surface area contributed by atoms with E-state index in [0.29, 0.717) is 10.7 Å². The predicted octanol–water partition coefficient (Wildman–Crippen LogP) is 3.74. The van der Waals surface area contributed by atoms with Gasteiger partial charge in [-0.3, -0.25) is 14.9 Å². The zero-order valence-corrected chi connectivity index (χ0v) is 12.0. The van der Waals surface area contributed by atoms with Gasteiger partial charge in [-0.2, -0.15) is 0 Å². The summed E-state index contributed by atoms with van der Waals surface area (Å²) >= 11 is 11.5. The number of nitro benzene ring substituents is 1. The Morgan fingerprint density at radius 3 is 2.38 bits per heavy atom. The summed E-state index contributed by atoms with van der Waals surface area (Å²) in [6.07, 6.45) is 0. The number of hydrogen-bond donors (Lipinski definition) is 2. The lowest BCUT2D eigenvalue weighted by atomic mass is 10.1. The van der Waals surface area contributed by atoms with E-state index in [-0.39, 0.29) is 22.0 Å². The molecule has 0 fully saturated rings. The molecule has 3 N–H and O–H groups in total. The number of halogens is 2. The second-order valence-corrected chi connectivity index (χ2v) is 4.95. The van der Waals surface area contributed by atoms with Crippen molar-refractivity contribution in [2.45, 2.75) is 0 Å². The van der Waals surface area contributed by atoms with Gasteiger partial charge in [-0.25, -0.2) is 0 Å². The van der Waals surface area contributed by atoms with Gasteiger partial charge in [0.1, 0.15) is 0 Å². The van der Waals surface area contributed by atoms with Gasteiger partial charge in [0.2, 0.25) is 0 Å². The Bertz CT molecular complexity index is 717. The first-order chi connectivity index (χ1) is 9.88. The smallest absolute Gasteiger partial charge is 0.271 e. The van der Waals surface area contributed by atoms with E-state index in [1.807, 2.05) is 0 Å². The second kappa shape index (κ2) is 5.99. The largest absolute Gasteiger partial charge is 0.397 e. The van der Waals surface area contributed by atoms with E-state index < -0.39 is 10.8 Å². The van der Waals surface area contributed by atoms with Crippen LogP contribution in [0.3, 0.4) is 0 Å². The Labute approximate surface area is 129 Å². The van der Waals surface area contributed by atoms with Gasteiger partial charge in [0.15, 0.2) is 0 Å². The average Bonchev–Trinajstić information content (AvgIpc) is 2.43. The van der Waals surface area contributed by atoms with Gasteiger partial charge in [-0.15, -0.1) is 0 Å². The molecule has 0 aliphatic rings. The Hall–Kier alpha value is -2.31.